The lowest BCUT2D eigenvalue weighted by Crippen LogP contribution is -2.23. The predicted molar refractivity (Wildman–Crippen MR) is 82.5 cm³/mol. The van der Waals surface area contributed by atoms with E-state index in [0.29, 0.717) is 4.47 Å². The second-order valence-electron chi connectivity index (χ2n) is 4.92. The molecule has 20 heavy (non-hydrogen) atoms. The van der Waals surface area contributed by atoms with Gasteiger partial charge >= 0.3 is 0 Å². The summed E-state index contributed by atoms with van der Waals surface area (Å²) in [7, 11) is 0. The number of nitrogens with one attached hydrogen (secondary N) is 1. The maximum Gasteiger partial charge on any atom is 0.137 e. The Morgan fingerprint density at radius 1 is 1.25 bits per heavy atom. The minimum atomic E-state index is -0.249. The maximum absolute atomic E-state index is 13.4. The number of aryl methyl sites for hydroxylation is 2. The highest BCUT2D eigenvalue weighted by Crippen LogP contribution is 2.32. The number of rotatable bonds is 4. The molecule has 1 heterocycles. The first-order valence-corrected chi connectivity index (χ1v) is 7.49. The van der Waals surface area contributed by atoms with E-state index in [-0.39, 0.29) is 11.9 Å². The maximum atomic E-state index is 13.4. The summed E-state index contributed by atoms with van der Waals surface area (Å²) in [5.74, 6) is 1.59. The van der Waals surface area contributed by atoms with Crippen LogP contribution in [-0.4, -0.2) is 6.54 Å². The Bertz CT molecular complexity index is 621. The van der Waals surface area contributed by atoms with E-state index in [1.807, 2.05) is 26.0 Å². The molecule has 0 amide bonds. The molecule has 0 aliphatic carbocycles. The van der Waals surface area contributed by atoms with Crippen molar-refractivity contribution >= 4 is 15.9 Å². The number of halogens is 2. The van der Waals surface area contributed by atoms with E-state index in [2.05, 4.69) is 35.1 Å². The lowest BCUT2D eigenvalue weighted by molar-refractivity contribution is 0.494. The number of furan rings is 1. The van der Waals surface area contributed by atoms with Crippen molar-refractivity contribution < 1.29 is 8.81 Å². The molecule has 0 radical (unpaired) electrons. The van der Waals surface area contributed by atoms with Gasteiger partial charge in [0.2, 0.25) is 0 Å². The molecule has 0 bridgehead atoms. The SMILES string of the molecule is CCNC(c1ccc(F)c(Br)c1)c1c(C)oc(C)c1C. The van der Waals surface area contributed by atoms with Crippen molar-refractivity contribution in [3.05, 3.63) is 56.7 Å². The largest absolute Gasteiger partial charge is 0.466 e. The number of hydrogen-bond acceptors (Lipinski definition) is 2. The first-order valence-electron chi connectivity index (χ1n) is 6.70. The van der Waals surface area contributed by atoms with Crippen molar-refractivity contribution in [2.45, 2.75) is 33.7 Å². The summed E-state index contributed by atoms with van der Waals surface area (Å²) in [6.07, 6.45) is 0. The molecule has 0 fully saturated rings. The summed E-state index contributed by atoms with van der Waals surface area (Å²) in [4.78, 5) is 0. The van der Waals surface area contributed by atoms with Crippen molar-refractivity contribution in [2.75, 3.05) is 6.54 Å². The van der Waals surface area contributed by atoms with E-state index >= 15 is 0 Å². The van der Waals surface area contributed by atoms with E-state index in [0.717, 1.165) is 34.8 Å². The van der Waals surface area contributed by atoms with Crippen molar-refractivity contribution in [2.24, 2.45) is 0 Å². The van der Waals surface area contributed by atoms with Crippen LogP contribution in [0.15, 0.2) is 27.1 Å². The number of hydrogen-bond donors (Lipinski definition) is 1. The van der Waals surface area contributed by atoms with E-state index in [1.165, 1.54) is 6.07 Å². The lowest BCUT2D eigenvalue weighted by Gasteiger charge is -2.19. The average molecular weight is 340 g/mol. The Labute approximate surface area is 127 Å². The summed E-state index contributed by atoms with van der Waals surface area (Å²) in [6.45, 7) is 8.88. The Hall–Kier alpha value is -1.13. The first-order chi connectivity index (χ1) is 9.45. The summed E-state index contributed by atoms with van der Waals surface area (Å²) in [6, 6.07) is 5.13. The third kappa shape index (κ3) is 2.81. The van der Waals surface area contributed by atoms with Gasteiger partial charge in [0, 0.05) is 5.56 Å². The van der Waals surface area contributed by atoms with Gasteiger partial charge in [0.1, 0.15) is 17.3 Å². The van der Waals surface area contributed by atoms with Crippen LogP contribution >= 0.6 is 15.9 Å². The highest BCUT2D eigenvalue weighted by molar-refractivity contribution is 9.10. The van der Waals surface area contributed by atoms with E-state index in [9.17, 15) is 4.39 Å². The zero-order chi connectivity index (χ0) is 14.9. The second kappa shape index (κ2) is 6.10. The molecule has 108 valence electrons. The van der Waals surface area contributed by atoms with Crippen LogP contribution in [-0.2, 0) is 0 Å². The van der Waals surface area contributed by atoms with E-state index in [1.54, 1.807) is 0 Å². The van der Waals surface area contributed by atoms with Crippen LogP contribution in [0, 0.1) is 26.6 Å². The molecular formula is C16H19BrFNO. The highest BCUT2D eigenvalue weighted by Gasteiger charge is 2.22. The van der Waals surface area contributed by atoms with Crippen molar-refractivity contribution in [1.82, 2.24) is 5.32 Å². The van der Waals surface area contributed by atoms with Crippen LogP contribution in [0.3, 0.4) is 0 Å². The molecule has 0 saturated heterocycles. The van der Waals surface area contributed by atoms with Crippen LogP contribution < -0.4 is 5.32 Å². The Morgan fingerprint density at radius 2 is 1.95 bits per heavy atom. The molecule has 0 aliphatic rings. The van der Waals surface area contributed by atoms with Crippen LogP contribution in [0.2, 0.25) is 0 Å². The smallest absolute Gasteiger partial charge is 0.137 e. The van der Waals surface area contributed by atoms with Crippen molar-refractivity contribution in [3.63, 3.8) is 0 Å². The zero-order valence-corrected chi connectivity index (χ0v) is 13.8. The van der Waals surface area contributed by atoms with Gasteiger partial charge in [-0.05, 0) is 66.5 Å². The fourth-order valence-electron chi connectivity index (χ4n) is 2.52. The third-order valence-electron chi connectivity index (χ3n) is 3.59. The van der Waals surface area contributed by atoms with Gasteiger partial charge < -0.3 is 9.73 Å². The van der Waals surface area contributed by atoms with E-state index in [4.69, 9.17) is 4.42 Å². The monoisotopic (exact) mass is 339 g/mol. The van der Waals surface area contributed by atoms with Crippen LogP contribution in [0.1, 0.15) is 41.2 Å². The molecule has 2 rings (SSSR count). The summed E-state index contributed by atoms with van der Waals surface area (Å²) < 4.78 is 19.6. The standard InChI is InChI=1S/C16H19BrFNO/c1-5-19-16(12-6-7-14(18)13(17)8-12)15-9(2)10(3)20-11(15)4/h6-8,16,19H,5H2,1-4H3. The predicted octanol–water partition coefficient (Wildman–Crippen LogP) is 4.81. The van der Waals surface area contributed by atoms with Crippen molar-refractivity contribution in [1.29, 1.82) is 0 Å². The molecule has 0 saturated carbocycles. The Kier molecular flexibility index (Phi) is 4.66. The Morgan fingerprint density at radius 3 is 2.45 bits per heavy atom. The molecule has 0 spiro atoms. The van der Waals surface area contributed by atoms with Crippen molar-refractivity contribution in [3.8, 4) is 0 Å². The minimum Gasteiger partial charge on any atom is -0.466 e. The molecule has 1 N–H and O–H groups in total. The summed E-state index contributed by atoms with van der Waals surface area (Å²) >= 11 is 3.25. The molecule has 1 aromatic carbocycles. The molecule has 4 heteroatoms. The quantitative estimate of drug-likeness (QED) is 0.864. The van der Waals surface area contributed by atoms with Gasteiger partial charge in [-0.3, -0.25) is 0 Å². The highest BCUT2D eigenvalue weighted by atomic mass is 79.9. The molecule has 1 aromatic heterocycles. The van der Waals surface area contributed by atoms with Crippen LogP contribution in [0.5, 0.6) is 0 Å². The summed E-state index contributed by atoms with van der Waals surface area (Å²) in [5.41, 5.74) is 3.31. The van der Waals surface area contributed by atoms with Gasteiger partial charge in [-0.15, -0.1) is 0 Å². The normalized spacial score (nSPS) is 12.7. The Balaban J connectivity index is 2.53. The average Bonchev–Trinajstić information content (AvgIpc) is 2.65. The van der Waals surface area contributed by atoms with Gasteiger partial charge in [-0.2, -0.15) is 0 Å². The van der Waals surface area contributed by atoms with Crippen LogP contribution in [0.25, 0.3) is 0 Å². The van der Waals surface area contributed by atoms with Gasteiger partial charge in [-0.1, -0.05) is 13.0 Å². The van der Waals surface area contributed by atoms with E-state index < -0.39 is 0 Å². The minimum absolute atomic E-state index is 0.00866. The van der Waals surface area contributed by atoms with Gasteiger partial charge in [-0.25, -0.2) is 4.39 Å². The van der Waals surface area contributed by atoms with Gasteiger partial charge in [0.25, 0.3) is 0 Å². The molecule has 1 atom stereocenters. The zero-order valence-electron chi connectivity index (χ0n) is 12.2. The third-order valence-corrected chi connectivity index (χ3v) is 4.20. The number of benzene rings is 1. The van der Waals surface area contributed by atoms with Crippen LogP contribution in [0.4, 0.5) is 4.39 Å². The fraction of sp³-hybridized carbons (Fsp3) is 0.375. The second-order valence-corrected chi connectivity index (χ2v) is 5.77. The summed E-state index contributed by atoms with van der Waals surface area (Å²) in [5, 5.41) is 3.45. The lowest BCUT2D eigenvalue weighted by atomic mass is 9.95. The fourth-order valence-corrected chi connectivity index (χ4v) is 2.91. The topological polar surface area (TPSA) is 25.2 Å². The molecule has 2 nitrogen and oxygen atoms in total. The van der Waals surface area contributed by atoms with Gasteiger partial charge in [0.05, 0.1) is 10.5 Å². The molecule has 0 aliphatic heterocycles. The van der Waals surface area contributed by atoms with Gasteiger partial charge in [0.15, 0.2) is 0 Å². The first kappa shape index (κ1) is 15.3. The molecule has 2 aromatic rings. The molecular weight excluding hydrogens is 321 g/mol. The molecule has 1 unspecified atom stereocenters.